The van der Waals surface area contributed by atoms with E-state index in [4.69, 9.17) is 0 Å². The molecule has 1 saturated heterocycles. The minimum atomic E-state index is -2.82. The van der Waals surface area contributed by atoms with Gasteiger partial charge in [-0.05, 0) is 25.9 Å². The third kappa shape index (κ3) is 1.42. The zero-order chi connectivity index (χ0) is 7.61. The zero-order valence-electron chi connectivity index (χ0n) is 5.54. The first-order valence-corrected chi connectivity index (χ1v) is 3.33. The second-order valence-corrected chi connectivity index (χ2v) is 2.59. The van der Waals surface area contributed by atoms with E-state index in [2.05, 4.69) is 5.32 Å². The van der Waals surface area contributed by atoms with Crippen LogP contribution < -0.4 is 5.32 Å². The molecule has 0 unspecified atom stereocenters. The van der Waals surface area contributed by atoms with Crippen LogP contribution in [0.4, 0.5) is 13.2 Å². The van der Waals surface area contributed by atoms with Gasteiger partial charge in [-0.1, -0.05) is 0 Å². The smallest absolute Gasteiger partial charge is 0.272 e. The third-order valence-electron chi connectivity index (χ3n) is 1.83. The van der Waals surface area contributed by atoms with E-state index in [-0.39, 0.29) is 12.8 Å². The van der Waals surface area contributed by atoms with Crippen LogP contribution in [0.5, 0.6) is 0 Å². The Kier molecular flexibility index (Phi) is 2.18. The Hall–Kier alpha value is -0.250. The molecule has 1 heterocycles. The van der Waals surface area contributed by atoms with Crippen molar-refractivity contribution in [3.8, 4) is 0 Å². The summed E-state index contributed by atoms with van der Waals surface area (Å²) in [6.07, 6.45) is -2.95. The maximum atomic E-state index is 12.9. The molecule has 0 aliphatic carbocycles. The van der Waals surface area contributed by atoms with Gasteiger partial charge in [-0.3, -0.25) is 0 Å². The van der Waals surface area contributed by atoms with Gasteiger partial charge in [0.05, 0.1) is 0 Å². The molecular weight excluding hydrogens is 143 g/mol. The fourth-order valence-corrected chi connectivity index (χ4v) is 1.06. The van der Waals surface area contributed by atoms with Gasteiger partial charge in [0.25, 0.3) is 6.43 Å². The summed E-state index contributed by atoms with van der Waals surface area (Å²) in [6.45, 7) is 0.724. The van der Waals surface area contributed by atoms with E-state index in [0.717, 1.165) is 0 Å². The predicted molar refractivity (Wildman–Crippen MR) is 31.9 cm³/mol. The van der Waals surface area contributed by atoms with Crippen LogP contribution in [-0.2, 0) is 0 Å². The van der Waals surface area contributed by atoms with E-state index in [0.29, 0.717) is 13.1 Å². The number of nitrogens with one attached hydrogen (secondary N) is 1. The molecule has 10 heavy (non-hydrogen) atoms. The van der Waals surface area contributed by atoms with Crippen LogP contribution in [0.3, 0.4) is 0 Å². The van der Waals surface area contributed by atoms with Gasteiger partial charge in [-0.25, -0.2) is 13.2 Å². The SMILES string of the molecule is FC(F)C1(F)CCNCC1. The summed E-state index contributed by atoms with van der Waals surface area (Å²) in [6, 6.07) is 0. The Bertz CT molecular complexity index is 110. The highest BCUT2D eigenvalue weighted by molar-refractivity contribution is 4.86. The van der Waals surface area contributed by atoms with Gasteiger partial charge < -0.3 is 5.32 Å². The minimum absolute atomic E-state index is 0.0648. The Morgan fingerprint density at radius 3 is 2.00 bits per heavy atom. The summed E-state index contributed by atoms with van der Waals surface area (Å²) in [5.41, 5.74) is -2.22. The highest BCUT2D eigenvalue weighted by Crippen LogP contribution is 2.29. The lowest BCUT2D eigenvalue weighted by Crippen LogP contribution is -2.43. The lowest BCUT2D eigenvalue weighted by Gasteiger charge is -2.28. The fraction of sp³-hybridized carbons (Fsp3) is 1.00. The average molecular weight is 153 g/mol. The van der Waals surface area contributed by atoms with Crippen molar-refractivity contribution in [1.29, 1.82) is 0 Å². The molecule has 4 heteroatoms. The summed E-state index contributed by atoms with van der Waals surface area (Å²) in [5.74, 6) is 0. The monoisotopic (exact) mass is 153 g/mol. The van der Waals surface area contributed by atoms with Gasteiger partial charge >= 0.3 is 0 Å². The number of alkyl halides is 3. The largest absolute Gasteiger partial charge is 0.316 e. The minimum Gasteiger partial charge on any atom is -0.316 e. The normalized spacial score (nSPS) is 25.2. The second-order valence-electron chi connectivity index (χ2n) is 2.59. The van der Waals surface area contributed by atoms with Gasteiger partial charge in [0.1, 0.15) is 0 Å². The fourth-order valence-electron chi connectivity index (χ4n) is 1.06. The summed E-state index contributed by atoms with van der Waals surface area (Å²) in [5, 5.41) is 2.82. The number of halogens is 3. The summed E-state index contributed by atoms with van der Waals surface area (Å²) < 4.78 is 36.7. The number of rotatable bonds is 1. The first-order valence-electron chi connectivity index (χ1n) is 3.33. The summed E-state index contributed by atoms with van der Waals surface area (Å²) in [7, 11) is 0. The molecule has 0 aromatic rings. The van der Waals surface area contributed by atoms with Gasteiger partial charge in [0.2, 0.25) is 0 Å². The predicted octanol–water partition coefficient (Wildman–Crippen LogP) is 1.34. The standard InChI is InChI=1S/C6H10F3N/c7-5(8)6(9)1-3-10-4-2-6/h5,10H,1-4H2. The quantitative estimate of drug-likeness (QED) is 0.599. The molecule has 0 spiro atoms. The van der Waals surface area contributed by atoms with E-state index in [1.165, 1.54) is 0 Å². The van der Waals surface area contributed by atoms with Gasteiger partial charge in [0.15, 0.2) is 5.67 Å². The van der Waals surface area contributed by atoms with Crippen molar-refractivity contribution in [3.63, 3.8) is 0 Å². The topological polar surface area (TPSA) is 12.0 Å². The Balaban J connectivity index is 2.48. The van der Waals surface area contributed by atoms with E-state index in [1.54, 1.807) is 0 Å². The van der Waals surface area contributed by atoms with Crippen LogP contribution in [0.15, 0.2) is 0 Å². The molecule has 0 aromatic heterocycles. The average Bonchev–Trinajstić information content (AvgIpc) is 1.89. The zero-order valence-corrected chi connectivity index (χ0v) is 5.54. The molecule has 1 aliphatic rings. The van der Waals surface area contributed by atoms with Gasteiger partial charge in [-0.2, -0.15) is 0 Å². The molecule has 1 aliphatic heterocycles. The van der Waals surface area contributed by atoms with Crippen molar-refractivity contribution >= 4 is 0 Å². The molecule has 0 atom stereocenters. The first-order chi connectivity index (χ1) is 4.65. The molecule has 1 fully saturated rings. The molecule has 0 saturated carbocycles. The van der Waals surface area contributed by atoms with E-state index in [9.17, 15) is 13.2 Å². The van der Waals surface area contributed by atoms with Crippen molar-refractivity contribution in [1.82, 2.24) is 5.32 Å². The van der Waals surface area contributed by atoms with Crippen LogP contribution in [0.2, 0.25) is 0 Å². The molecule has 60 valence electrons. The van der Waals surface area contributed by atoms with Crippen LogP contribution in [-0.4, -0.2) is 25.2 Å². The second kappa shape index (κ2) is 2.78. The highest BCUT2D eigenvalue weighted by Gasteiger charge is 2.40. The molecule has 0 radical (unpaired) electrons. The molecule has 1 nitrogen and oxygen atoms in total. The molecule has 0 aromatic carbocycles. The maximum Gasteiger partial charge on any atom is 0.272 e. The maximum absolute atomic E-state index is 12.9. The summed E-state index contributed by atoms with van der Waals surface area (Å²) >= 11 is 0. The van der Waals surface area contributed by atoms with Crippen LogP contribution >= 0.6 is 0 Å². The van der Waals surface area contributed by atoms with Crippen LogP contribution in [0.25, 0.3) is 0 Å². The van der Waals surface area contributed by atoms with E-state index in [1.807, 2.05) is 0 Å². The van der Waals surface area contributed by atoms with Crippen LogP contribution in [0.1, 0.15) is 12.8 Å². The Morgan fingerprint density at radius 2 is 1.70 bits per heavy atom. The van der Waals surface area contributed by atoms with Gasteiger partial charge in [0, 0.05) is 0 Å². The number of hydrogen-bond acceptors (Lipinski definition) is 1. The van der Waals surface area contributed by atoms with Crippen molar-refractivity contribution < 1.29 is 13.2 Å². The molecule has 0 bridgehead atoms. The lowest BCUT2D eigenvalue weighted by atomic mass is 9.95. The van der Waals surface area contributed by atoms with Crippen molar-refractivity contribution in [2.45, 2.75) is 24.9 Å². The Labute approximate surface area is 57.6 Å². The third-order valence-corrected chi connectivity index (χ3v) is 1.83. The van der Waals surface area contributed by atoms with Crippen molar-refractivity contribution in [3.05, 3.63) is 0 Å². The lowest BCUT2D eigenvalue weighted by molar-refractivity contribution is -0.0528. The Morgan fingerprint density at radius 1 is 1.20 bits per heavy atom. The molecule has 1 N–H and O–H groups in total. The first kappa shape index (κ1) is 7.85. The molecule has 1 rings (SSSR count). The van der Waals surface area contributed by atoms with Crippen molar-refractivity contribution in [2.75, 3.05) is 13.1 Å². The van der Waals surface area contributed by atoms with Crippen molar-refractivity contribution in [2.24, 2.45) is 0 Å². The van der Waals surface area contributed by atoms with Gasteiger partial charge in [-0.15, -0.1) is 0 Å². The van der Waals surface area contributed by atoms with E-state index >= 15 is 0 Å². The van der Waals surface area contributed by atoms with E-state index < -0.39 is 12.1 Å². The number of hydrogen-bond donors (Lipinski definition) is 1. The molecule has 0 amide bonds. The van der Waals surface area contributed by atoms with Crippen LogP contribution in [0, 0.1) is 0 Å². The molecular formula is C6H10F3N. The highest BCUT2D eigenvalue weighted by atomic mass is 19.3. The number of piperidine rings is 1. The summed E-state index contributed by atoms with van der Waals surface area (Å²) in [4.78, 5) is 0.